The molecule has 1 heterocycles. The lowest BCUT2D eigenvalue weighted by atomic mass is 10.2. The van der Waals surface area contributed by atoms with Crippen molar-refractivity contribution in [2.45, 2.75) is 25.7 Å². The van der Waals surface area contributed by atoms with Gasteiger partial charge in [-0.2, -0.15) is 0 Å². The third-order valence-corrected chi connectivity index (χ3v) is 8.31. The molecular weight excluding hydrogens is 514 g/mol. The molecule has 0 fully saturated rings. The topological polar surface area (TPSA) is 32.1 Å². The maximum absolute atomic E-state index is 5.07. The van der Waals surface area contributed by atoms with Crippen molar-refractivity contribution in [3.63, 3.8) is 0 Å². The first-order valence-electron chi connectivity index (χ1n) is 14.9. The zero-order chi connectivity index (χ0) is 29.1. The van der Waals surface area contributed by atoms with Crippen molar-refractivity contribution in [2.75, 3.05) is 114 Å². The highest BCUT2D eigenvalue weighted by molar-refractivity contribution is 7.21. The second-order valence-electron chi connectivity index (χ2n) is 12.1. The summed E-state index contributed by atoms with van der Waals surface area (Å²) >= 11 is 1.88. The average Bonchev–Trinajstić information content (AvgIpc) is 2.89. The third kappa shape index (κ3) is 10.7. The summed E-state index contributed by atoms with van der Waals surface area (Å²) < 4.78 is 3.83. The Labute approximate surface area is 247 Å². The lowest BCUT2D eigenvalue weighted by Gasteiger charge is -2.26. The van der Waals surface area contributed by atoms with Gasteiger partial charge in [-0.1, -0.05) is 0 Å². The van der Waals surface area contributed by atoms with E-state index in [1.807, 2.05) is 11.3 Å². The van der Waals surface area contributed by atoms with E-state index in [9.17, 15) is 0 Å². The Hall–Kier alpha value is -2.10. The molecule has 0 radical (unpaired) electrons. The summed E-state index contributed by atoms with van der Waals surface area (Å²) in [6.07, 6.45) is 4.64. The van der Waals surface area contributed by atoms with Crippen molar-refractivity contribution < 1.29 is 0 Å². The predicted octanol–water partition coefficient (Wildman–Crippen LogP) is 3.79. The SMILES string of the molecule is CN(C)CCCN(CCCN(C)C)c1ccc2nc3ccc(=[N+](CCCN(C)C)CCCN(C)C)cc-3sc2c1. The Kier molecular flexibility index (Phi) is 13.3. The Morgan fingerprint density at radius 3 is 1.73 bits per heavy atom. The van der Waals surface area contributed by atoms with Crippen molar-refractivity contribution in [1.29, 1.82) is 0 Å². The van der Waals surface area contributed by atoms with E-state index in [-0.39, 0.29) is 0 Å². The molecule has 0 saturated carbocycles. The van der Waals surface area contributed by atoms with Crippen LogP contribution >= 0.6 is 11.3 Å². The first-order chi connectivity index (χ1) is 19.1. The molecule has 7 nitrogen and oxygen atoms in total. The van der Waals surface area contributed by atoms with Gasteiger partial charge in [-0.05, 0) is 107 Å². The van der Waals surface area contributed by atoms with E-state index >= 15 is 0 Å². The molecule has 40 heavy (non-hydrogen) atoms. The van der Waals surface area contributed by atoms with Gasteiger partial charge in [0, 0.05) is 56.8 Å². The lowest BCUT2D eigenvalue weighted by molar-refractivity contribution is 0.366. The zero-order valence-electron chi connectivity index (χ0n) is 26.5. The minimum atomic E-state index is 1.07. The van der Waals surface area contributed by atoms with E-state index in [0.29, 0.717) is 0 Å². The van der Waals surface area contributed by atoms with Crippen LogP contribution in [0.1, 0.15) is 25.7 Å². The van der Waals surface area contributed by atoms with E-state index in [1.54, 1.807) is 0 Å². The number of aromatic nitrogens is 1. The summed E-state index contributed by atoms with van der Waals surface area (Å²) in [6, 6.07) is 13.7. The maximum atomic E-state index is 5.07. The molecule has 0 atom stereocenters. The van der Waals surface area contributed by atoms with Gasteiger partial charge in [0.25, 0.3) is 0 Å². The van der Waals surface area contributed by atoms with Gasteiger partial charge in [0.1, 0.15) is 13.1 Å². The van der Waals surface area contributed by atoms with Crippen LogP contribution in [0, 0.1) is 0 Å². The molecule has 0 amide bonds. The van der Waals surface area contributed by atoms with Crippen LogP contribution in [-0.2, 0) is 0 Å². The number of hydrogen-bond donors (Lipinski definition) is 0. The molecule has 1 aromatic rings. The molecule has 8 heteroatoms. The van der Waals surface area contributed by atoms with E-state index in [1.165, 1.54) is 20.6 Å². The molecule has 222 valence electrons. The Bertz CT molecular complexity index is 1170. The van der Waals surface area contributed by atoms with Crippen LogP contribution in [0.15, 0.2) is 36.4 Å². The summed E-state index contributed by atoms with van der Waals surface area (Å²) in [4.78, 5) is 18.0. The van der Waals surface area contributed by atoms with Gasteiger partial charge in [0.2, 0.25) is 5.36 Å². The van der Waals surface area contributed by atoms with Crippen LogP contribution in [0.25, 0.3) is 20.8 Å². The highest BCUT2D eigenvalue weighted by atomic mass is 32.1. The molecule has 1 aromatic carbocycles. The molecule has 2 aliphatic rings. The molecule has 0 unspecified atom stereocenters. The van der Waals surface area contributed by atoms with Crippen molar-refractivity contribution in [3.8, 4) is 10.6 Å². The van der Waals surface area contributed by atoms with Crippen LogP contribution in [-0.4, -0.2) is 133 Å². The van der Waals surface area contributed by atoms with Gasteiger partial charge in [-0.15, -0.1) is 11.3 Å². The first-order valence-corrected chi connectivity index (χ1v) is 15.7. The van der Waals surface area contributed by atoms with Crippen molar-refractivity contribution in [3.05, 3.63) is 41.8 Å². The summed E-state index contributed by atoms with van der Waals surface area (Å²) in [5, 5.41) is 1.31. The monoisotopic (exact) mass is 568 g/mol. The fraction of sp³-hybridized carbons (Fsp3) is 0.625. The fourth-order valence-corrected chi connectivity index (χ4v) is 6.08. The highest BCUT2D eigenvalue weighted by Crippen LogP contribution is 2.32. The lowest BCUT2D eigenvalue weighted by Crippen LogP contribution is -2.34. The Morgan fingerprint density at radius 2 is 1.18 bits per heavy atom. The van der Waals surface area contributed by atoms with Crippen molar-refractivity contribution in [2.24, 2.45) is 0 Å². The van der Waals surface area contributed by atoms with Gasteiger partial charge in [0.15, 0.2) is 0 Å². The van der Waals surface area contributed by atoms with Gasteiger partial charge in [-0.3, -0.25) is 0 Å². The first kappa shape index (κ1) is 32.4. The van der Waals surface area contributed by atoms with Crippen LogP contribution < -0.4 is 14.8 Å². The van der Waals surface area contributed by atoms with Crippen LogP contribution in [0.5, 0.6) is 0 Å². The van der Waals surface area contributed by atoms with Crippen LogP contribution in [0.4, 0.5) is 5.69 Å². The maximum Gasteiger partial charge on any atom is 0.201 e. The number of anilines is 1. The summed E-state index contributed by atoms with van der Waals surface area (Å²) in [5.74, 6) is 0. The summed E-state index contributed by atoms with van der Waals surface area (Å²) in [5.41, 5.74) is 3.49. The molecule has 0 N–H and O–H groups in total. The highest BCUT2D eigenvalue weighted by Gasteiger charge is 2.14. The number of hydrogen-bond acceptors (Lipinski definition) is 7. The summed E-state index contributed by atoms with van der Waals surface area (Å²) in [6.45, 7) is 8.71. The van der Waals surface area contributed by atoms with Gasteiger partial charge in [0.05, 0.1) is 20.8 Å². The van der Waals surface area contributed by atoms with Crippen LogP contribution in [0.3, 0.4) is 0 Å². The Morgan fingerprint density at radius 1 is 0.625 bits per heavy atom. The summed E-state index contributed by atoms with van der Waals surface area (Å²) in [7, 11) is 17.3. The fourth-order valence-electron chi connectivity index (χ4n) is 5.05. The second kappa shape index (κ2) is 16.4. The zero-order valence-corrected chi connectivity index (χ0v) is 27.3. The van der Waals surface area contributed by atoms with Crippen molar-refractivity contribution in [1.82, 2.24) is 29.2 Å². The van der Waals surface area contributed by atoms with Gasteiger partial charge in [-0.25, -0.2) is 9.56 Å². The Balaban J connectivity index is 1.94. The van der Waals surface area contributed by atoms with Crippen LogP contribution in [0.2, 0.25) is 0 Å². The molecular formula is C32H54N7S+. The number of benzene rings is 2. The largest absolute Gasteiger partial charge is 0.371 e. The van der Waals surface area contributed by atoms with E-state index in [2.05, 4.69) is 122 Å². The molecule has 0 bridgehead atoms. The van der Waals surface area contributed by atoms with Crippen molar-refractivity contribution >= 4 is 27.2 Å². The number of rotatable bonds is 17. The average molecular weight is 569 g/mol. The van der Waals surface area contributed by atoms with E-state index in [0.717, 1.165) is 89.3 Å². The van der Waals surface area contributed by atoms with E-state index < -0.39 is 0 Å². The normalized spacial score (nSPS) is 12.1. The standard InChI is InChI=1S/C32H54N7S/c1-34(2)17-9-21-38(22-10-18-35(3)4)27-13-15-29-31(25-27)40-32-26-28(14-16-30(32)33-29)39(23-11-19-36(5)6)24-12-20-37(7)8/h13-16,25-26H,9-12,17-24H2,1-8H3/q+1. The van der Waals surface area contributed by atoms with Gasteiger partial charge >= 0.3 is 0 Å². The molecule has 3 rings (SSSR count). The molecule has 0 spiro atoms. The third-order valence-electron chi connectivity index (χ3n) is 7.21. The molecule has 0 saturated heterocycles. The number of fused-ring (bicyclic) bond motifs is 2. The quantitative estimate of drug-likeness (QED) is 0.182. The molecule has 1 aliphatic carbocycles. The van der Waals surface area contributed by atoms with Gasteiger partial charge < -0.3 is 24.5 Å². The number of nitrogens with zero attached hydrogens (tertiary/aromatic N) is 7. The predicted molar refractivity (Wildman–Crippen MR) is 176 cm³/mol. The van der Waals surface area contributed by atoms with E-state index in [4.69, 9.17) is 4.98 Å². The molecule has 1 aliphatic heterocycles. The molecule has 0 aromatic heterocycles. The smallest absolute Gasteiger partial charge is 0.201 e. The minimum absolute atomic E-state index is 1.07. The minimum Gasteiger partial charge on any atom is -0.371 e. The second-order valence-corrected chi connectivity index (χ2v) is 13.2.